The molecule has 1 heterocycles. The van der Waals surface area contributed by atoms with Gasteiger partial charge in [-0.25, -0.2) is 0 Å². The van der Waals surface area contributed by atoms with Gasteiger partial charge in [-0.15, -0.1) is 0 Å². The molecular weight excluding hydrogens is 262 g/mol. The highest BCUT2D eigenvalue weighted by Crippen LogP contribution is 2.34. The molecule has 0 aliphatic carbocycles. The highest BCUT2D eigenvalue weighted by atomic mass is 16.5. The maximum absolute atomic E-state index is 9.88. The van der Waals surface area contributed by atoms with Gasteiger partial charge in [-0.2, -0.15) is 0 Å². The number of hydrogen-bond acceptors (Lipinski definition) is 3. The normalized spacial score (nSPS) is 23.3. The first-order valence-corrected chi connectivity index (χ1v) is 8.14. The van der Waals surface area contributed by atoms with Crippen LogP contribution in [0.5, 0.6) is 0 Å². The van der Waals surface area contributed by atoms with E-state index in [1.54, 1.807) is 7.11 Å². The quantitative estimate of drug-likeness (QED) is 0.748. The molecule has 1 aliphatic heterocycles. The maximum Gasteiger partial charge on any atom is 0.0499 e. The zero-order valence-corrected chi connectivity index (χ0v) is 13.3. The summed E-state index contributed by atoms with van der Waals surface area (Å²) in [6, 6.07) is 10.7. The number of rotatable bonds is 8. The van der Waals surface area contributed by atoms with Gasteiger partial charge < -0.3 is 14.7 Å². The van der Waals surface area contributed by atoms with Crippen LogP contribution in [0.25, 0.3) is 0 Å². The van der Waals surface area contributed by atoms with Crippen LogP contribution in [0.4, 0.5) is 0 Å². The van der Waals surface area contributed by atoms with Crippen molar-refractivity contribution in [3.63, 3.8) is 0 Å². The first-order valence-electron chi connectivity index (χ1n) is 8.14. The molecule has 0 spiro atoms. The molecule has 0 aromatic heterocycles. The molecule has 0 unspecified atom stereocenters. The summed E-state index contributed by atoms with van der Waals surface area (Å²) in [5.41, 5.74) is 1.49. The van der Waals surface area contributed by atoms with Crippen LogP contribution in [-0.4, -0.2) is 50.0 Å². The first kappa shape index (κ1) is 16.5. The van der Waals surface area contributed by atoms with Gasteiger partial charge in [-0.3, -0.25) is 0 Å². The molecule has 0 saturated carbocycles. The number of aliphatic hydroxyl groups excluding tert-OH is 1. The molecule has 21 heavy (non-hydrogen) atoms. The van der Waals surface area contributed by atoms with E-state index in [1.807, 2.05) is 0 Å². The lowest BCUT2D eigenvalue weighted by molar-refractivity contribution is 0.0195. The molecular formula is C18H29NO2. The second-order valence-corrected chi connectivity index (χ2v) is 6.37. The van der Waals surface area contributed by atoms with Gasteiger partial charge >= 0.3 is 0 Å². The Balaban J connectivity index is 1.83. The topological polar surface area (TPSA) is 32.7 Å². The van der Waals surface area contributed by atoms with E-state index in [0.29, 0.717) is 6.61 Å². The lowest BCUT2D eigenvalue weighted by atomic mass is 9.77. The molecule has 0 amide bonds. The summed E-state index contributed by atoms with van der Waals surface area (Å²) in [6.07, 6.45) is 5.56. The number of hydrogen-bond donors (Lipinski definition) is 1. The molecule has 1 aromatic carbocycles. The number of methoxy groups -OCH3 is 1. The summed E-state index contributed by atoms with van der Waals surface area (Å²) >= 11 is 0. The van der Waals surface area contributed by atoms with E-state index in [2.05, 4.69) is 35.2 Å². The van der Waals surface area contributed by atoms with Gasteiger partial charge in [0, 0.05) is 38.8 Å². The molecule has 1 atom stereocenters. The van der Waals surface area contributed by atoms with Crippen LogP contribution in [0.3, 0.4) is 0 Å². The molecule has 0 bridgehead atoms. The van der Waals surface area contributed by atoms with Gasteiger partial charge in [-0.1, -0.05) is 30.3 Å². The molecule has 1 saturated heterocycles. The molecule has 0 radical (unpaired) electrons. The molecule has 1 aromatic rings. The Bertz CT molecular complexity index is 395. The average molecular weight is 291 g/mol. The minimum absolute atomic E-state index is 0.0907. The zero-order valence-electron chi connectivity index (χ0n) is 13.3. The van der Waals surface area contributed by atoms with E-state index >= 15 is 0 Å². The summed E-state index contributed by atoms with van der Waals surface area (Å²) in [4.78, 5) is 2.53. The lowest BCUT2D eigenvalue weighted by Crippen LogP contribution is -2.46. The lowest BCUT2D eigenvalue weighted by Gasteiger charge is -2.42. The third kappa shape index (κ3) is 5.10. The molecule has 1 N–H and O–H groups in total. The molecule has 2 rings (SSSR count). The summed E-state index contributed by atoms with van der Waals surface area (Å²) in [5.74, 6) is 0. The smallest absolute Gasteiger partial charge is 0.0499 e. The molecule has 118 valence electrons. The number of piperidine rings is 1. The van der Waals surface area contributed by atoms with Gasteiger partial charge in [0.2, 0.25) is 0 Å². The maximum atomic E-state index is 9.88. The van der Waals surface area contributed by atoms with Crippen LogP contribution in [0, 0.1) is 5.41 Å². The largest absolute Gasteiger partial charge is 0.396 e. The summed E-state index contributed by atoms with van der Waals surface area (Å²) in [6.45, 7) is 4.39. The second-order valence-electron chi connectivity index (χ2n) is 6.37. The van der Waals surface area contributed by atoms with Crippen molar-refractivity contribution in [3.05, 3.63) is 35.9 Å². The number of aliphatic hydroxyl groups is 1. The minimum Gasteiger partial charge on any atom is -0.396 e. The van der Waals surface area contributed by atoms with Crippen molar-refractivity contribution in [1.82, 2.24) is 4.90 Å². The van der Waals surface area contributed by atoms with E-state index in [-0.39, 0.29) is 5.41 Å². The second kappa shape index (κ2) is 8.52. The predicted octanol–water partition coefficient (Wildman–Crippen LogP) is 2.73. The Morgan fingerprint density at radius 2 is 2.10 bits per heavy atom. The van der Waals surface area contributed by atoms with Gasteiger partial charge in [0.25, 0.3) is 0 Å². The Morgan fingerprint density at radius 3 is 2.81 bits per heavy atom. The van der Waals surface area contributed by atoms with E-state index in [1.165, 1.54) is 18.5 Å². The average Bonchev–Trinajstić information content (AvgIpc) is 2.54. The number of likely N-dealkylation sites (tertiary alicyclic amines) is 1. The molecule has 1 fully saturated rings. The van der Waals surface area contributed by atoms with Gasteiger partial charge in [0.15, 0.2) is 0 Å². The van der Waals surface area contributed by atoms with E-state index < -0.39 is 0 Å². The van der Waals surface area contributed by atoms with Crippen LogP contribution < -0.4 is 0 Å². The van der Waals surface area contributed by atoms with E-state index in [4.69, 9.17) is 4.74 Å². The predicted molar refractivity (Wildman–Crippen MR) is 86.4 cm³/mol. The fraction of sp³-hybridized carbons (Fsp3) is 0.667. The van der Waals surface area contributed by atoms with Crippen molar-refractivity contribution in [1.29, 1.82) is 0 Å². The fourth-order valence-corrected chi connectivity index (χ4v) is 3.44. The zero-order chi connectivity index (χ0) is 15.0. The summed E-state index contributed by atoms with van der Waals surface area (Å²) in [5, 5.41) is 9.88. The van der Waals surface area contributed by atoms with Crippen molar-refractivity contribution < 1.29 is 9.84 Å². The first-order chi connectivity index (χ1) is 10.3. The Kier molecular flexibility index (Phi) is 6.68. The monoisotopic (exact) mass is 291 g/mol. The fourth-order valence-electron chi connectivity index (χ4n) is 3.44. The number of nitrogens with zero attached hydrogens (tertiary/aromatic N) is 1. The molecule has 1 aliphatic rings. The van der Waals surface area contributed by atoms with Crippen molar-refractivity contribution in [3.8, 4) is 0 Å². The summed E-state index contributed by atoms with van der Waals surface area (Å²) < 4.78 is 5.16. The third-order valence-electron chi connectivity index (χ3n) is 4.69. The van der Waals surface area contributed by atoms with Gasteiger partial charge in [-0.05, 0) is 44.2 Å². The van der Waals surface area contributed by atoms with Crippen molar-refractivity contribution in [2.75, 3.05) is 40.0 Å². The Labute approximate surface area is 128 Å². The van der Waals surface area contributed by atoms with Crippen LogP contribution in [0.1, 0.15) is 31.2 Å². The minimum atomic E-state index is 0.0907. The highest BCUT2D eigenvalue weighted by Gasteiger charge is 2.34. The number of ether oxygens (including phenoxy) is 1. The van der Waals surface area contributed by atoms with Crippen molar-refractivity contribution in [2.45, 2.75) is 32.1 Å². The van der Waals surface area contributed by atoms with Crippen LogP contribution in [0.15, 0.2) is 30.3 Å². The van der Waals surface area contributed by atoms with Gasteiger partial charge in [0.1, 0.15) is 0 Å². The SMILES string of the molecule is COCCC[C@]1(CO)CCCN(CCc2ccccc2)C1. The van der Waals surface area contributed by atoms with Crippen LogP contribution in [0.2, 0.25) is 0 Å². The van der Waals surface area contributed by atoms with Crippen molar-refractivity contribution >= 4 is 0 Å². The third-order valence-corrected chi connectivity index (χ3v) is 4.69. The Hall–Kier alpha value is -0.900. The van der Waals surface area contributed by atoms with E-state index in [9.17, 15) is 5.11 Å². The van der Waals surface area contributed by atoms with Crippen molar-refractivity contribution in [2.24, 2.45) is 5.41 Å². The van der Waals surface area contributed by atoms with Crippen LogP contribution in [-0.2, 0) is 11.2 Å². The van der Waals surface area contributed by atoms with Crippen LogP contribution >= 0.6 is 0 Å². The Morgan fingerprint density at radius 1 is 1.29 bits per heavy atom. The van der Waals surface area contributed by atoms with Gasteiger partial charge in [0.05, 0.1) is 0 Å². The van der Waals surface area contributed by atoms with E-state index in [0.717, 1.165) is 45.4 Å². The standard InChI is InChI=1S/C18H29NO2/c1-21-14-6-11-18(16-20)10-5-12-19(15-18)13-9-17-7-3-2-4-8-17/h2-4,7-8,20H,5-6,9-16H2,1H3/t18-/m1/s1. The molecule has 3 nitrogen and oxygen atoms in total. The number of benzene rings is 1. The highest BCUT2D eigenvalue weighted by molar-refractivity contribution is 5.14. The summed E-state index contributed by atoms with van der Waals surface area (Å²) in [7, 11) is 1.75. The molecule has 3 heteroatoms.